The lowest BCUT2D eigenvalue weighted by Crippen LogP contribution is -2.16. The number of pyridine rings is 1. The molecule has 0 aliphatic heterocycles. The van der Waals surface area contributed by atoms with E-state index in [0.717, 1.165) is 6.42 Å². The van der Waals surface area contributed by atoms with Gasteiger partial charge in [0.2, 0.25) is 10.0 Å². The van der Waals surface area contributed by atoms with Crippen LogP contribution >= 0.6 is 0 Å². The van der Waals surface area contributed by atoms with Gasteiger partial charge in [0.25, 0.3) is 0 Å². The van der Waals surface area contributed by atoms with Crippen LogP contribution in [0.25, 0.3) is 0 Å². The van der Waals surface area contributed by atoms with Crippen molar-refractivity contribution in [1.29, 1.82) is 0 Å². The number of halogens is 1. The zero-order valence-electron chi connectivity index (χ0n) is 12.2. The molecule has 0 fully saturated rings. The first-order valence-corrected chi connectivity index (χ1v) is 8.63. The molecule has 0 aliphatic carbocycles. The molecule has 0 atom stereocenters. The highest BCUT2D eigenvalue weighted by molar-refractivity contribution is 7.92. The third-order valence-electron chi connectivity index (χ3n) is 2.94. The second-order valence-electron chi connectivity index (χ2n) is 4.81. The fourth-order valence-electron chi connectivity index (χ4n) is 1.79. The molecule has 2 rings (SSSR count). The Bertz CT molecular complexity index is 718. The van der Waals surface area contributed by atoms with E-state index in [2.05, 4.69) is 15.0 Å². The minimum Gasteiger partial charge on any atom is -0.338 e. The monoisotopic (exact) mass is 323 g/mol. The highest BCUT2D eigenvalue weighted by atomic mass is 32.2. The van der Waals surface area contributed by atoms with Crippen molar-refractivity contribution in [2.45, 2.75) is 19.8 Å². The summed E-state index contributed by atoms with van der Waals surface area (Å²) in [6.45, 7) is 1.93. The lowest BCUT2D eigenvalue weighted by molar-refractivity contribution is 0.598. The third kappa shape index (κ3) is 4.70. The van der Waals surface area contributed by atoms with Crippen molar-refractivity contribution in [3.05, 3.63) is 48.4 Å². The number of anilines is 3. The Balaban J connectivity index is 2.03. The molecule has 118 valence electrons. The van der Waals surface area contributed by atoms with Crippen LogP contribution in [0.15, 0.2) is 42.6 Å². The number of benzene rings is 1. The zero-order chi connectivity index (χ0) is 16.0. The van der Waals surface area contributed by atoms with E-state index in [0.29, 0.717) is 23.6 Å². The second-order valence-corrected chi connectivity index (χ2v) is 6.65. The van der Waals surface area contributed by atoms with Gasteiger partial charge in [-0.2, -0.15) is 0 Å². The maximum atomic E-state index is 13.5. The molecule has 5 nitrogen and oxygen atoms in total. The van der Waals surface area contributed by atoms with Crippen molar-refractivity contribution < 1.29 is 12.8 Å². The molecular weight excluding hydrogens is 305 g/mol. The van der Waals surface area contributed by atoms with Crippen molar-refractivity contribution in [1.82, 2.24) is 4.98 Å². The molecule has 7 heteroatoms. The van der Waals surface area contributed by atoms with Crippen molar-refractivity contribution in [3.63, 3.8) is 0 Å². The first-order valence-electron chi connectivity index (χ1n) is 6.98. The maximum Gasteiger partial charge on any atom is 0.232 e. The minimum absolute atomic E-state index is 0.0821. The van der Waals surface area contributed by atoms with Crippen molar-refractivity contribution in [2.75, 3.05) is 15.8 Å². The SMILES string of the molecule is CCCCS(=O)(=O)Nc1ccc(Nc2ccccc2F)nc1. The van der Waals surface area contributed by atoms with E-state index in [1.165, 1.54) is 12.3 Å². The number of para-hydroxylation sites is 1. The summed E-state index contributed by atoms with van der Waals surface area (Å²) in [5, 5.41) is 2.83. The molecule has 0 unspecified atom stereocenters. The largest absolute Gasteiger partial charge is 0.338 e. The molecular formula is C15H18FN3O2S. The minimum atomic E-state index is -3.35. The molecule has 1 aromatic heterocycles. The van der Waals surface area contributed by atoms with Gasteiger partial charge in [0.1, 0.15) is 11.6 Å². The number of unbranched alkanes of at least 4 members (excludes halogenated alkanes) is 1. The van der Waals surface area contributed by atoms with Gasteiger partial charge in [-0.1, -0.05) is 25.5 Å². The Hall–Kier alpha value is -2.15. The van der Waals surface area contributed by atoms with Gasteiger partial charge in [0.05, 0.1) is 23.3 Å². The number of sulfonamides is 1. The highest BCUT2D eigenvalue weighted by Gasteiger charge is 2.10. The number of hydrogen-bond acceptors (Lipinski definition) is 4. The van der Waals surface area contributed by atoms with E-state index in [1.54, 1.807) is 30.3 Å². The molecule has 0 bridgehead atoms. The van der Waals surface area contributed by atoms with Crippen molar-refractivity contribution in [3.8, 4) is 0 Å². The Kier molecular flexibility index (Phi) is 5.32. The lowest BCUT2D eigenvalue weighted by atomic mass is 10.3. The predicted molar refractivity (Wildman–Crippen MR) is 86.2 cm³/mol. The number of hydrogen-bond donors (Lipinski definition) is 2. The second kappa shape index (κ2) is 7.22. The van der Waals surface area contributed by atoms with Crippen LogP contribution in [0.2, 0.25) is 0 Å². The van der Waals surface area contributed by atoms with Crippen LogP contribution in [-0.2, 0) is 10.0 Å². The summed E-state index contributed by atoms with van der Waals surface area (Å²) in [4.78, 5) is 4.07. The molecule has 0 saturated carbocycles. The van der Waals surface area contributed by atoms with Crippen LogP contribution in [0.5, 0.6) is 0 Å². The zero-order valence-corrected chi connectivity index (χ0v) is 13.0. The maximum absolute atomic E-state index is 13.5. The summed E-state index contributed by atoms with van der Waals surface area (Å²) in [5.74, 6) is 0.133. The molecule has 0 saturated heterocycles. The quantitative estimate of drug-likeness (QED) is 0.818. The standard InChI is InChI=1S/C15H18FN3O2S/c1-2-3-10-22(20,21)19-12-8-9-15(17-11-12)18-14-7-5-4-6-13(14)16/h4-9,11,19H,2-3,10H2,1H3,(H,17,18). The molecule has 1 heterocycles. The first kappa shape index (κ1) is 16.2. The van der Waals surface area contributed by atoms with Gasteiger partial charge < -0.3 is 5.32 Å². The Morgan fingerprint density at radius 1 is 1.18 bits per heavy atom. The predicted octanol–water partition coefficient (Wildman–Crippen LogP) is 3.51. The average molecular weight is 323 g/mol. The van der Waals surface area contributed by atoms with Gasteiger partial charge in [-0.15, -0.1) is 0 Å². The number of rotatable bonds is 7. The van der Waals surface area contributed by atoms with Crippen LogP contribution in [0.4, 0.5) is 21.6 Å². The Labute approximate surface area is 129 Å². The topological polar surface area (TPSA) is 71.1 Å². The molecule has 2 aromatic rings. The van der Waals surface area contributed by atoms with Gasteiger partial charge in [-0.25, -0.2) is 17.8 Å². The smallest absolute Gasteiger partial charge is 0.232 e. The molecule has 0 radical (unpaired) electrons. The number of nitrogens with zero attached hydrogens (tertiary/aromatic N) is 1. The summed E-state index contributed by atoms with van der Waals surface area (Å²) >= 11 is 0. The highest BCUT2D eigenvalue weighted by Crippen LogP contribution is 2.19. The molecule has 1 aromatic carbocycles. The van der Waals surface area contributed by atoms with E-state index in [-0.39, 0.29) is 11.6 Å². The summed E-state index contributed by atoms with van der Waals surface area (Å²) in [6, 6.07) is 9.42. The van der Waals surface area contributed by atoms with Crippen molar-refractivity contribution >= 4 is 27.2 Å². The van der Waals surface area contributed by atoms with Crippen LogP contribution in [0.1, 0.15) is 19.8 Å². The number of nitrogens with one attached hydrogen (secondary N) is 2. The fraction of sp³-hybridized carbons (Fsp3) is 0.267. The third-order valence-corrected chi connectivity index (χ3v) is 4.31. The molecule has 2 N–H and O–H groups in total. The molecule has 0 aliphatic rings. The molecule has 0 amide bonds. The summed E-state index contributed by atoms with van der Waals surface area (Å²) in [6.07, 6.45) is 2.81. The summed E-state index contributed by atoms with van der Waals surface area (Å²) in [7, 11) is -3.35. The lowest BCUT2D eigenvalue weighted by Gasteiger charge is -2.09. The van der Waals surface area contributed by atoms with Gasteiger partial charge in [-0.3, -0.25) is 4.72 Å². The van der Waals surface area contributed by atoms with Gasteiger partial charge in [-0.05, 0) is 30.7 Å². The van der Waals surface area contributed by atoms with E-state index in [9.17, 15) is 12.8 Å². The normalized spacial score (nSPS) is 11.2. The molecule has 22 heavy (non-hydrogen) atoms. The van der Waals surface area contributed by atoms with E-state index >= 15 is 0 Å². The van der Waals surface area contributed by atoms with Gasteiger partial charge in [0, 0.05) is 0 Å². The van der Waals surface area contributed by atoms with Crippen LogP contribution in [-0.4, -0.2) is 19.2 Å². The summed E-state index contributed by atoms with van der Waals surface area (Å²) < 4.78 is 39.5. The van der Waals surface area contributed by atoms with Gasteiger partial charge >= 0.3 is 0 Å². The van der Waals surface area contributed by atoms with Crippen LogP contribution < -0.4 is 10.0 Å². The fourth-order valence-corrected chi connectivity index (χ4v) is 3.04. The van der Waals surface area contributed by atoms with E-state index in [1.807, 2.05) is 6.92 Å². The summed E-state index contributed by atoms with van der Waals surface area (Å²) in [5.41, 5.74) is 0.696. The van der Waals surface area contributed by atoms with Gasteiger partial charge in [0.15, 0.2) is 0 Å². The first-order chi connectivity index (χ1) is 10.5. The Morgan fingerprint density at radius 2 is 1.95 bits per heavy atom. The van der Waals surface area contributed by atoms with Crippen molar-refractivity contribution in [2.24, 2.45) is 0 Å². The number of aromatic nitrogens is 1. The average Bonchev–Trinajstić information content (AvgIpc) is 2.49. The van der Waals surface area contributed by atoms with Crippen LogP contribution in [0.3, 0.4) is 0 Å². The van der Waals surface area contributed by atoms with E-state index < -0.39 is 10.0 Å². The Morgan fingerprint density at radius 3 is 2.59 bits per heavy atom. The molecule has 0 spiro atoms. The van der Waals surface area contributed by atoms with E-state index in [4.69, 9.17) is 0 Å². The van der Waals surface area contributed by atoms with Crippen LogP contribution in [0, 0.1) is 5.82 Å².